The highest BCUT2D eigenvalue weighted by molar-refractivity contribution is 5.75. The van der Waals surface area contributed by atoms with Crippen molar-refractivity contribution in [1.82, 2.24) is 10.6 Å². The number of aliphatic carboxylic acids is 1. The largest absolute Gasteiger partial charge is 0.481 e. The highest BCUT2D eigenvalue weighted by atomic mass is 16.4. The van der Waals surface area contributed by atoms with Crippen LogP contribution in [0, 0.1) is 5.92 Å². The number of carbonyl (C=O) groups is 2. The van der Waals surface area contributed by atoms with E-state index in [9.17, 15) is 14.7 Å². The Morgan fingerprint density at radius 3 is 2.33 bits per heavy atom. The molecule has 6 heteroatoms. The highest BCUT2D eigenvalue weighted by Crippen LogP contribution is 2.15. The lowest BCUT2D eigenvalue weighted by atomic mass is 9.89. The number of aliphatic hydroxyl groups excluding tert-OH is 1. The van der Waals surface area contributed by atoms with Gasteiger partial charge in [0, 0.05) is 12.5 Å². The molecule has 2 atom stereocenters. The lowest BCUT2D eigenvalue weighted by molar-refractivity contribution is -0.137. The average Bonchev–Trinajstić information content (AvgIpc) is 2.53. The molecule has 0 aliphatic heterocycles. The molecule has 0 saturated carbocycles. The fourth-order valence-corrected chi connectivity index (χ4v) is 2.27. The number of aliphatic hydroxyl groups is 1. The van der Waals surface area contributed by atoms with Gasteiger partial charge in [0.1, 0.15) is 0 Å². The average molecular weight is 336 g/mol. The lowest BCUT2D eigenvalue weighted by Crippen LogP contribution is -2.57. The van der Waals surface area contributed by atoms with Crippen molar-refractivity contribution in [3.8, 4) is 0 Å². The molecule has 4 N–H and O–H groups in total. The van der Waals surface area contributed by atoms with E-state index in [2.05, 4.69) is 10.6 Å². The summed E-state index contributed by atoms with van der Waals surface area (Å²) in [4.78, 5) is 23.1. The zero-order valence-corrected chi connectivity index (χ0v) is 14.6. The quantitative estimate of drug-likeness (QED) is 0.555. The zero-order valence-electron chi connectivity index (χ0n) is 14.6. The predicted octanol–water partition coefficient (Wildman–Crippen LogP) is 2.17. The number of urea groups is 1. The molecule has 0 bridgehead atoms. The molecular weight excluding hydrogens is 308 g/mol. The van der Waals surface area contributed by atoms with Gasteiger partial charge < -0.3 is 20.8 Å². The Bertz CT molecular complexity index is 533. The number of carboxylic acid groups (broad SMARTS) is 1. The first-order chi connectivity index (χ1) is 11.3. The van der Waals surface area contributed by atoms with Gasteiger partial charge in [-0.2, -0.15) is 0 Å². The molecule has 1 aromatic rings. The van der Waals surface area contributed by atoms with E-state index in [0.29, 0.717) is 12.8 Å². The Morgan fingerprint density at radius 1 is 1.21 bits per heavy atom. The number of carboxylic acids is 1. The van der Waals surface area contributed by atoms with E-state index in [1.165, 1.54) is 0 Å². The van der Waals surface area contributed by atoms with Crippen LogP contribution in [0.3, 0.4) is 0 Å². The molecule has 1 rings (SSSR count). The van der Waals surface area contributed by atoms with Crippen molar-refractivity contribution in [2.75, 3.05) is 6.61 Å². The molecule has 0 spiro atoms. The molecular formula is C18H28N2O4. The van der Waals surface area contributed by atoms with Gasteiger partial charge in [0.15, 0.2) is 0 Å². The number of benzene rings is 1. The molecule has 0 heterocycles. The first-order valence-corrected chi connectivity index (χ1v) is 8.22. The summed E-state index contributed by atoms with van der Waals surface area (Å²) in [5, 5.41) is 24.1. The molecule has 2 amide bonds. The van der Waals surface area contributed by atoms with Crippen molar-refractivity contribution >= 4 is 12.0 Å². The number of rotatable bonds is 9. The maximum absolute atomic E-state index is 12.3. The summed E-state index contributed by atoms with van der Waals surface area (Å²) < 4.78 is 0. The molecule has 0 aliphatic carbocycles. The second kappa shape index (κ2) is 9.27. The minimum absolute atomic E-state index is 0.0147. The van der Waals surface area contributed by atoms with Gasteiger partial charge in [-0.25, -0.2) is 4.79 Å². The fraction of sp³-hybridized carbons (Fsp3) is 0.556. The number of amides is 2. The van der Waals surface area contributed by atoms with Gasteiger partial charge in [-0.05, 0) is 31.2 Å². The van der Waals surface area contributed by atoms with Crippen LogP contribution in [0.4, 0.5) is 4.79 Å². The molecule has 1 aromatic carbocycles. The van der Waals surface area contributed by atoms with Crippen LogP contribution in [0.5, 0.6) is 0 Å². The first kappa shape index (κ1) is 20.0. The van der Waals surface area contributed by atoms with Crippen molar-refractivity contribution in [2.24, 2.45) is 5.92 Å². The number of hydrogen-bond donors (Lipinski definition) is 4. The summed E-state index contributed by atoms with van der Waals surface area (Å²) in [6.45, 7) is 5.45. The van der Waals surface area contributed by atoms with E-state index >= 15 is 0 Å². The normalized spacial score (nSPS) is 14.7. The van der Waals surface area contributed by atoms with Crippen LogP contribution in [0.25, 0.3) is 0 Å². The van der Waals surface area contributed by atoms with Crippen molar-refractivity contribution < 1.29 is 19.8 Å². The summed E-state index contributed by atoms with van der Waals surface area (Å²) in [6, 6.07) is 8.92. The monoisotopic (exact) mass is 336 g/mol. The lowest BCUT2D eigenvalue weighted by Gasteiger charge is -2.33. The second-order valence-corrected chi connectivity index (χ2v) is 6.65. The Kier molecular flexibility index (Phi) is 7.71. The first-order valence-electron chi connectivity index (χ1n) is 8.22. The summed E-state index contributed by atoms with van der Waals surface area (Å²) in [5.41, 5.74) is 0.302. The van der Waals surface area contributed by atoms with Crippen LogP contribution in [-0.4, -0.2) is 40.4 Å². The van der Waals surface area contributed by atoms with Crippen LogP contribution in [0.1, 0.15) is 39.2 Å². The van der Waals surface area contributed by atoms with Crippen LogP contribution in [0.15, 0.2) is 30.3 Å². The summed E-state index contributed by atoms with van der Waals surface area (Å²) >= 11 is 0. The van der Waals surface area contributed by atoms with E-state index < -0.39 is 17.5 Å². The number of hydrogen-bond acceptors (Lipinski definition) is 3. The molecule has 24 heavy (non-hydrogen) atoms. The zero-order chi connectivity index (χ0) is 18.2. The molecule has 0 aromatic heterocycles. The third kappa shape index (κ3) is 6.58. The molecule has 0 saturated heterocycles. The smallest absolute Gasteiger partial charge is 0.315 e. The molecule has 0 radical (unpaired) electrons. The maximum atomic E-state index is 12.3. The Morgan fingerprint density at radius 2 is 1.83 bits per heavy atom. The van der Waals surface area contributed by atoms with Crippen molar-refractivity contribution in [2.45, 2.75) is 51.6 Å². The summed E-state index contributed by atoms with van der Waals surface area (Å²) in [7, 11) is 0. The minimum Gasteiger partial charge on any atom is -0.481 e. The van der Waals surface area contributed by atoms with Crippen molar-refractivity contribution in [1.29, 1.82) is 0 Å². The summed E-state index contributed by atoms with van der Waals surface area (Å²) in [6.07, 6.45) is 0.882. The maximum Gasteiger partial charge on any atom is 0.315 e. The van der Waals surface area contributed by atoms with Gasteiger partial charge >= 0.3 is 12.0 Å². The van der Waals surface area contributed by atoms with Crippen LogP contribution < -0.4 is 10.6 Å². The van der Waals surface area contributed by atoms with E-state index in [-0.39, 0.29) is 25.0 Å². The predicted molar refractivity (Wildman–Crippen MR) is 92.8 cm³/mol. The van der Waals surface area contributed by atoms with Crippen molar-refractivity contribution in [3.63, 3.8) is 0 Å². The number of carbonyl (C=O) groups excluding carboxylic acids is 1. The van der Waals surface area contributed by atoms with Gasteiger partial charge in [-0.15, -0.1) is 0 Å². The van der Waals surface area contributed by atoms with Crippen LogP contribution in [-0.2, 0) is 11.2 Å². The van der Waals surface area contributed by atoms with E-state index in [4.69, 9.17) is 5.11 Å². The SMILES string of the molecule is CC(C)C(C)(CO)NC(=O)NC(CCC(=O)O)Cc1ccccc1. The van der Waals surface area contributed by atoms with Crippen LogP contribution >= 0.6 is 0 Å². The molecule has 6 nitrogen and oxygen atoms in total. The molecule has 0 aliphatic rings. The van der Waals surface area contributed by atoms with Gasteiger partial charge in [-0.1, -0.05) is 44.2 Å². The minimum atomic E-state index is -0.891. The third-order valence-electron chi connectivity index (χ3n) is 4.37. The molecule has 2 unspecified atom stereocenters. The Hall–Kier alpha value is -2.08. The second-order valence-electron chi connectivity index (χ2n) is 6.65. The van der Waals surface area contributed by atoms with Crippen LogP contribution in [0.2, 0.25) is 0 Å². The van der Waals surface area contributed by atoms with Gasteiger partial charge in [0.25, 0.3) is 0 Å². The van der Waals surface area contributed by atoms with Gasteiger partial charge in [0.2, 0.25) is 0 Å². The fourth-order valence-electron chi connectivity index (χ4n) is 2.27. The Labute approximate surface area is 143 Å². The molecule has 0 fully saturated rings. The highest BCUT2D eigenvalue weighted by Gasteiger charge is 2.30. The molecule has 134 valence electrons. The Balaban J connectivity index is 2.72. The third-order valence-corrected chi connectivity index (χ3v) is 4.37. The topological polar surface area (TPSA) is 98.7 Å². The van der Waals surface area contributed by atoms with E-state index in [1.54, 1.807) is 6.92 Å². The van der Waals surface area contributed by atoms with Gasteiger partial charge in [0.05, 0.1) is 12.1 Å². The van der Waals surface area contributed by atoms with Crippen molar-refractivity contribution in [3.05, 3.63) is 35.9 Å². The summed E-state index contributed by atoms with van der Waals surface area (Å²) in [5.74, 6) is -0.836. The number of nitrogens with one attached hydrogen (secondary N) is 2. The van der Waals surface area contributed by atoms with E-state index in [0.717, 1.165) is 5.56 Å². The van der Waals surface area contributed by atoms with E-state index in [1.807, 2.05) is 44.2 Å². The standard InChI is InChI=1S/C18H28N2O4/c1-13(2)18(3,12-21)20-17(24)19-15(9-10-16(22)23)11-14-7-5-4-6-8-14/h4-8,13,15,21H,9-12H2,1-3H3,(H,22,23)(H2,19,20,24). The van der Waals surface area contributed by atoms with Gasteiger partial charge in [-0.3, -0.25) is 4.79 Å².